The van der Waals surface area contributed by atoms with Crippen LogP contribution >= 0.6 is 11.3 Å². The second kappa shape index (κ2) is 7.86. The molecule has 0 saturated carbocycles. The third kappa shape index (κ3) is 3.82. The van der Waals surface area contributed by atoms with Crippen LogP contribution in [0.25, 0.3) is 0 Å². The van der Waals surface area contributed by atoms with Crippen LogP contribution in [0.15, 0.2) is 35.7 Å². The number of carbonyl (C=O) groups excluding carboxylic acids is 1. The van der Waals surface area contributed by atoms with Crippen molar-refractivity contribution in [1.82, 2.24) is 15.1 Å². The largest absolute Gasteiger partial charge is 0.338 e. The van der Waals surface area contributed by atoms with E-state index >= 15 is 0 Å². The molecular weight excluding hydrogens is 349 g/mol. The molecule has 0 aliphatic carbocycles. The first-order valence-electron chi connectivity index (χ1n) is 9.24. The standard InChI is InChI=1S/C20H24FN3OS/c21-17-3-1-2-15(12-17)18-13-22-7-10-23(18)9-5-20(25)24-8-4-19-16(14-24)6-11-26-19/h1-3,6,11-12,18,22H,4-5,7-10,13-14H2. The van der Waals surface area contributed by atoms with Crippen molar-refractivity contribution in [3.05, 3.63) is 57.5 Å². The number of fused-ring (bicyclic) bond motifs is 1. The van der Waals surface area contributed by atoms with E-state index in [0.717, 1.165) is 44.7 Å². The predicted octanol–water partition coefficient (Wildman–Crippen LogP) is 2.81. The summed E-state index contributed by atoms with van der Waals surface area (Å²) in [5.74, 6) is 0.0161. The summed E-state index contributed by atoms with van der Waals surface area (Å²) in [5.41, 5.74) is 2.28. The summed E-state index contributed by atoms with van der Waals surface area (Å²) in [6, 6.07) is 9.07. The maximum atomic E-state index is 13.6. The van der Waals surface area contributed by atoms with E-state index < -0.39 is 0 Å². The number of piperazine rings is 1. The van der Waals surface area contributed by atoms with Gasteiger partial charge in [-0.2, -0.15) is 0 Å². The third-order valence-electron chi connectivity index (χ3n) is 5.36. The number of thiophene rings is 1. The molecule has 1 aromatic heterocycles. The van der Waals surface area contributed by atoms with E-state index in [1.807, 2.05) is 11.0 Å². The highest BCUT2D eigenvalue weighted by molar-refractivity contribution is 7.10. The molecule has 0 bridgehead atoms. The van der Waals surface area contributed by atoms with Gasteiger partial charge in [0.15, 0.2) is 0 Å². The fourth-order valence-corrected chi connectivity index (χ4v) is 4.80. The highest BCUT2D eigenvalue weighted by Crippen LogP contribution is 2.26. The molecule has 26 heavy (non-hydrogen) atoms. The van der Waals surface area contributed by atoms with E-state index in [-0.39, 0.29) is 17.8 Å². The Bertz CT molecular complexity index is 778. The van der Waals surface area contributed by atoms with Crippen molar-refractivity contribution in [3.8, 4) is 0 Å². The number of hydrogen-bond donors (Lipinski definition) is 1. The monoisotopic (exact) mass is 373 g/mol. The Labute approximate surface area is 157 Å². The van der Waals surface area contributed by atoms with Crippen molar-refractivity contribution in [3.63, 3.8) is 0 Å². The number of amides is 1. The van der Waals surface area contributed by atoms with E-state index in [1.165, 1.54) is 16.5 Å². The molecule has 1 atom stereocenters. The van der Waals surface area contributed by atoms with E-state index in [0.29, 0.717) is 13.0 Å². The van der Waals surface area contributed by atoms with E-state index in [2.05, 4.69) is 21.7 Å². The summed E-state index contributed by atoms with van der Waals surface area (Å²) in [6.45, 7) is 4.85. The molecule has 2 aliphatic rings. The molecular formula is C20H24FN3OS. The van der Waals surface area contributed by atoms with Crippen molar-refractivity contribution in [2.24, 2.45) is 0 Å². The van der Waals surface area contributed by atoms with Crippen molar-refractivity contribution < 1.29 is 9.18 Å². The molecule has 3 heterocycles. The highest BCUT2D eigenvalue weighted by Gasteiger charge is 2.26. The Morgan fingerprint density at radius 3 is 3.12 bits per heavy atom. The summed E-state index contributed by atoms with van der Waals surface area (Å²) >= 11 is 1.79. The summed E-state index contributed by atoms with van der Waals surface area (Å²) in [6.07, 6.45) is 1.49. The van der Waals surface area contributed by atoms with Gasteiger partial charge in [0.05, 0.1) is 0 Å². The molecule has 2 aliphatic heterocycles. The zero-order chi connectivity index (χ0) is 17.9. The molecule has 1 fully saturated rings. The fourth-order valence-electron chi connectivity index (χ4n) is 3.92. The van der Waals surface area contributed by atoms with Gasteiger partial charge in [0.2, 0.25) is 5.91 Å². The lowest BCUT2D eigenvalue weighted by atomic mass is 10.0. The van der Waals surface area contributed by atoms with Crippen LogP contribution in [-0.2, 0) is 17.8 Å². The predicted molar refractivity (Wildman–Crippen MR) is 102 cm³/mol. The Hall–Kier alpha value is -1.76. The van der Waals surface area contributed by atoms with Gasteiger partial charge in [0, 0.05) is 56.6 Å². The minimum Gasteiger partial charge on any atom is -0.338 e. The first kappa shape index (κ1) is 17.6. The van der Waals surface area contributed by atoms with E-state index in [9.17, 15) is 9.18 Å². The van der Waals surface area contributed by atoms with Crippen LogP contribution in [0.4, 0.5) is 4.39 Å². The number of halogens is 1. The van der Waals surface area contributed by atoms with E-state index in [4.69, 9.17) is 0 Å². The molecule has 1 amide bonds. The minimum atomic E-state index is -0.205. The molecule has 6 heteroatoms. The molecule has 4 nitrogen and oxygen atoms in total. The van der Waals surface area contributed by atoms with Crippen LogP contribution in [0.3, 0.4) is 0 Å². The van der Waals surface area contributed by atoms with Gasteiger partial charge in [0.1, 0.15) is 5.82 Å². The van der Waals surface area contributed by atoms with Crippen LogP contribution in [0, 0.1) is 5.82 Å². The number of hydrogen-bond acceptors (Lipinski definition) is 4. The Kier molecular flexibility index (Phi) is 5.33. The average Bonchev–Trinajstić information content (AvgIpc) is 3.14. The molecule has 0 radical (unpaired) electrons. The van der Waals surface area contributed by atoms with Crippen molar-refractivity contribution in [2.75, 3.05) is 32.7 Å². The van der Waals surface area contributed by atoms with Gasteiger partial charge < -0.3 is 10.2 Å². The number of carbonyl (C=O) groups is 1. The lowest BCUT2D eigenvalue weighted by Gasteiger charge is -2.37. The van der Waals surface area contributed by atoms with Gasteiger partial charge in [-0.25, -0.2) is 4.39 Å². The average molecular weight is 373 g/mol. The fraction of sp³-hybridized carbons (Fsp3) is 0.450. The molecule has 1 unspecified atom stereocenters. The molecule has 4 rings (SSSR count). The summed E-state index contributed by atoms with van der Waals surface area (Å²) in [7, 11) is 0. The third-order valence-corrected chi connectivity index (χ3v) is 6.38. The van der Waals surface area contributed by atoms with Crippen molar-refractivity contribution >= 4 is 17.2 Å². The highest BCUT2D eigenvalue weighted by atomic mass is 32.1. The zero-order valence-electron chi connectivity index (χ0n) is 14.8. The smallest absolute Gasteiger partial charge is 0.224 e. The summed E-state index contributed by atoms with van der Waals surface area (Å²) in [4.78, 5) is 18.4. The molecule has 2 aromatic rings. The van der Waals surface area contributed by atoms with Gasteiger partial charge in [-0.1, -0.05) is 12.1 Å². The molecule has 0 spiro atoms. The maximum absolute atomic E-state index is 13.6. The summed E-state index contributed by atoms with van der Waals surface area (Å²) < 4.78 is 13.6. The second-order valence-electron chi connectivity index (χ2n) is 7.00. The van der Waals surface area contributed by atoms with Crippen LogP contribution < -0.4 is 5.32 Å². The molecule has 1 saturated heterocycles. The Morgan fingerprint density at radius 1 is 1.31 bits per heavy atom. The number of nitrogens with zero attached hydrogens (tertiary/aromatic N) is 2. The lowest BCUT2D eigenvalue weighted by Crippen LogP contribution is -2.47. The van der Waals surface area contributed by atoms with Crippen LogP contribution in [0.1, 0.15) is 28.5 Å². The molecule has 1 N–H and O–H groups in total. The normalized spacial score (nSPS) is 20.8. The minimum absolute atomic E-state index is 0.122. The van der Waals surface area contributed by atoms with Crippen LogP contribution in [-0.4, -0.2) is 48.4 Å². The first-order chi connectivity index (χ1) is 12.7. The maximum Gasteiger partial charge on any atom is 0.224 e. The second-order valence-corrected chi connectivity index (χ2v) is 8.00. The van der Waals surface area contributed by atoms with Gasteiger partial charge in [-0.05, 0) is 41.1 Å². The van der Waals surface area contributed by atoms with E-state index in [1.54, 1.807) is 23.5 Å². The van der Waals surface area contributed by atoms with Crippen molar-refractivity contribution in [2.45, 2.75) is 25.4 Å². The van der Waals surface area contributed by atoms with Crippen LogP contribution in [0.2, 0.25) is 0 Å². The Morgan fingerprint density at radius 2 is 2.23 bits per heavy atom. The first-order valence-corrected chi connectivity index (χ1v) is 10.1. The summed E-state index contributed by atoms with van der Waals surface area (Å²) in [5, 5.41) is 5.50. The number of benzene rings is 1. The zero-order valence-corrected chi connectivity index (χ0v) is 15.6. The topological polar surface area (TPSA) is 35.6 Å². The van der Waals surface area contributed by atoms with Gasteiger partial charge in [-0.15, -0.1) is 11.3 Å². The number of rotatable bonds is 4. The SMILES string of the molecule is O=C(CCN1CCNCC1c1cccc(F)c1)N1CCc2sccc2C1. The van der Waals surface area contributed by atoms with Crippen LogP contribution in [0.5, 0.6) is 0 Å². The van der Waals surface area contributed by atoms with Crippen molar-refractivity contribution in [1.29, 1.82) is 0 Å². The molecule has 138 valence electrons. The quantitative estimate of drug-likeness (QED) is 0.895. The molecule has 1 aromatic carbocycles. The Balaban J connectivity index is 1.37. The number of nitrogens with one attached hydrogen (secondary N) is 1. The lowest BCUT2D eigenvalue weighted by molar-refractivity contribution is -0.132. The van der Waals surface area contributed by atoms with Gasteiger partial charge in [-0.3, -0.25) is 9.69 Å². The van der Waals surface area contributed by atoms with Gasteiger partial charge >= 0.3 is 0 Å². The van der Waals surface area contributed by atoms with Gasteiger partial charge in [0.25, 0.3) is 0 Å².